The van der Waals surface area contributed by atoms with Crippen LogP contribution >= 0.6 is 0 Å². The molecular weight excluding hydrogens is 658 g/mol. The van der Waals surface area contributed by atoms with Crippen molar-refractivity contribution < 1.29 is 48.0 Å². The van der Waals surface area contributed by atoms with Gasteiger partial charge in [-0.25, -0.2) is 4.79 Å². The van der Waals surface area contributed by atoms with Crippen molar-refractivity contribution in [3.8, 4) is 0 Å². The summed E-state index contributed by atoms with van der Waals surface area (Å²) in [7, 11) is 5.23. The highest BCUT2D eigenvalue weighted by atomic mass is 16.7. The van der Waals surface area contributed by atoms with E-state index in [9.17, 15) is 24.3 Å². The van der Waals surface area contributed by atoms with Crippen LogP contribution in [0.4, 0.5) is 4.79 Å². The number of aliphatic hydroxyl groups excluding tert-OH is 1. The molecule has 4 rings (SSSR count). The summed E-state index contributed by atoms with van der Waals surface area (Å²) in [5, 5.41) is 17.7. The quantitative estimate of drug-likeness (QED) is 0.253. The van der Waals surface area contributed by atoms with Gasteiger partial charge >= 0.3 is 12.1 Å². The number of benzene rings is 1. The summed E-state index contributed by atoms with van der Waals surface area (Å²) in [4.78, 5) is 57.5. The number of Topliss-reactive ketones (excluding diaryl/α,β-unsaturated/α-hetero) is 2. The summed E-state index contributed by atoms with van der Waals surface area (Å²) in [6, 6.07) is 8.60. The third-order valence-electron chi connectivity index (χ3n) is 11.3. The van der Waals surface area contributed by atoms with Gasteiger partial charge in [0.2, 0.25) is 0 Å². The first-order chi connectivity index (χ1) is 24.0. The summed E-state index contributed by atoms with van der Waals surface area (Å²) in [5.74, 6) is -5.07. The number of aliphatic hydroxyl groups is 1. The highest BCUT2D eigenvalue weighted by molar-refractivity contribution is 6.00. The van der Waals surface area contributed by atoms with E-state index in [1.54, 1.807) is 34.6 Å². The number of hydrogen-bond acceptors (Lipinski definition) is 12. The van der Waals surface area contributed by atoms with E-state index < -0.39 is 83.4 Å². The van der Waals surface area contributed by atoms with Crippen LogP contribution in [0.5, 0.6) is 0 Å². The van der Waals surface area contributed by atoms with Gasteiger partial charge in [0, 0.05) is 38.1 Å². The van der Waals surface area contributed by atoms with Crippen molar-refractivity contribution in [1.29, 1.82) is 0 Å². The fourth-order valence-electron chi connectivity index (χ4n) is 8.17. The van der Waals surface area contributed by atoms with Gasteiger partial charge in [-0.1, -0.05) is 51.1 Å². The number of rotatable bonds is 9. The molecule has 0 spiro atoms. The summed E-state index contributed by atoms with van der Waals surface area (Å²) in [5.41, 5.74) is -1.67. The zero-order chi connectivity index (χ0) is 37.8. The van der Waals surface area contributed by atoms with Crippen LogP contribution in [0.2, 0.25) is 0 Å². The van der Waals surface area contributed by atoms with Gasteiger partial charge in [0.1, 0.15) is 23.9 Å². The first-order valence-electron chi connectivity index (χ1n) is 18.2. The molecule has 3 aliphatic heterocycles. The number of fused-ring (bicyclic) bond motifs is 1. The van der Waals surface area contributed by atoms with E-state index >= 15 is 0 Å². The number of cyclic esters (lactones) is 1. The monoisotopic (exact) mass is 717 g/mol. The lowest BCUT2D eigenvalue weighted by Crippen LogP contribution is -2.61. The predicted octanol–water partition coefficient (Wildman–Crippen LogP) is 3.25. The Bertz CT molecular complexity index is 1380. The van der Waals surface area contributed by atoms with Crippen LogP contribution in [0.1, 0.15) is 73.3 Å². The molecule has 13 heteroatoms. The molecule has 3 saturated heterocycles. The van der Waals surface area contributed by atoms with Crippen LogP contribution in [-0.2, 0) is 44.6 Å². The van der Waals surface area contributed by atoms with E-state index in [1.807, 2.05) is 56.3 Å². The van der Waals surface area contributed by atoms with Gasteiger partial charge in [0.05, 0.1) is 29.8 Å². The second-order valence-electron chi connectivity index (χ2n) is 15.3. The summed E-state index contributed by atoms with van der Waals surface area (Å²) < 4.78 is 30.7. The van der Waals surface area contributed by atoms with E-state index in [1.165, 1.54) is 14.0 Å². The number of nitrogens with zero attached hydrogens (tertiary/aromatic N) is 1. The number of nitrogens with one attached hydrogen (secondary N) is 2. The summed E-state index contributed by atoms with van der Waals surface area (Å²) >= 11 is 0. The van der Waals surface area contributed by atoms with E-state index in [0.717, 1.165) is 5.56 Å². The average Bonchev–Trinajstić information content (AvgIpc) is 3.41. The van der Waals surface area contributed by atoms with Crippen LogP contribution in [0, 0.1) is 23.7 Å². The second-order valence-corrected chi connectivity index (χ2v) is 15.3. The first-order valence-corrected chi connectivity index (χ1v) is 18.2. The molecular formula is C38H59N3O10. The third-order valence-corrected chi connectivity index (χ3v) is 11.3. The maximum absolute atomic E-state index is 14.7. The molecule has 1 amide bonds. The molecule has 3 fully saturated rings. The number of ketones is 2. The molecule has 3 aliphatic rings. The van der Waals surface area contributed by atoms with Crippen LogP contribution in [0.3, 0.4) is 0 Å². The summed E-state index contributed by atoms with van der Waals surface area (Å²) in [6.07, 6.45) is -4.22. The highest BCUT2D eigenvalue weighted by Crippen LogP contribution is 2.40. The smallest absolute Gasteiger partial charge is 0.408 e. The summed E-state index contributed by atoms with van der Waals surface area (Å²) in [6.45, 7) is 12.7. The fourth-order valence-corrected chi connectivity index (χ4v) is 8.17. The number of likely N-dealkylation sites (N-methyl/N-ethyl adjacent to an activating group) is 1. The normalized spacial score (nSPS) is 39.9. The third kappa shape index (κ3) is 8.82. The molecule has 286 valence electrons. The zero-order valence-electron chi connectivity index (χ0n) is 31.8. The SMILES string of the molecule is CC[C@H]1OC(=O)[C@H](C)C(=O)[C@H](C)[C@@H](OC2O[C@H](C)C[C@H](N(C)C)[C@H]2O)[C@](C)(OC)C[C@@H](C)C(=O)[C@H](CNCc2ccccc2)C2NC(=O)O[C@@]21C. The van der Waals surface area contributed by atoms with E-state index in [4.69, 9.17) is 23.7 Å². The molecule has 0 bridgehead atoms. The molecule has 13 nitrogen and oxygen atoms in total. The molecule has 2 unspecified atom stereocenters. The largest absolute Gasteiger partial charge is 0.458 e. The van der Waals surface area contributed by atoms with Gasteiger partial charge < -0.3 is 44.3 Å². The van der Waals surface area contributed by atoms with Crippen LogP contribution < -0.4 is 10.6 Å². The van der Waals surface area contributed by atoms with Crippen molar-refractivity contribution in [3.63, 3.8) is 0 Å². The van der Waals surface area contributed by atoms with Gasteiger partial charge in [0.15, 0.2) is 17.7 Å². The minimum absolute atomic E-state index is 0.115. The van der Waals surface area contributed by atoms with Crippen molar-refractivity contribution in [3.05, 3.63) is 35.9 Å². The van der Waals surface area contributed by atoms with Crippen LogP contribution in [-0.4, -0.2) is 115 Å². The standard InChI is InChI=1S/C38H59N3O10/c1-11-28-38(7)32(40-36(46)51-38)26(20-39-19-25-15-13-12-14-16-25)29(42)21(2)18-37(6,47-10)33(23(4)30(43)24(5)34(45)49-28)50-35-31(44)27(41(8)9)17-22(3)48-35/h12-16,21-24,26-28,31-33,35,39,44H,11,17-20H2,1-10H3,(H,40,46)/t21-,22-,23+,24-,26+,27+,28-,31-,32?,33-,35?,37-,38-/m1/s1. The Balaban J connectivity index is 1.77. The lowest BCUT2D eigenvalue weighted by molar-refractivity contribution is -0.295. The molecule has 1 aromatic carbocycles. The average molecular weight is 718 g/mol. The minimum Gasteiger partial charge on any atom is -0.458 e. The molecule has 0 aliphatic carbocycles. The minimum atomic E-state index is -1.42. The van der Waals surface area contributed by atoms with Crippen molar-refractivity contribution in [1.82, 2.24) is 15.5 Å². The Morgan fingerprint density at radius 1 is 1.04 bits per heavy atom. The molecule has 0 radical (unpaired) electrons. The van der Waals surface area contributed by atoms with Gasteiger partial charge in [-0.2, -0.15) is 0 Å². The molecule has 3 N–H and O–H groups in total. The van der Waals surface area contributed by atoms with Gasteiger partial charge in [-0.3, -0.25) is 14.4 Å². The Hall–Kier alpha value is -2.94. The number of alkyl carbamates (subject to hydrolysis) is 1. The molecule has 51 heavy (non-hydrogen) atoms. The number of carbonyl (C=O) groups excluding carboxylic acids is 4. The fraction of sp³-hybridized carbons (Fsp3) is 0.737. The zero-order valence-corrected chi connectivity index (χ0v) is 31.8. The maximum atomic E-state index is 14.7. The lowest BCUT2D eigenvalue weighted by Gasteiger charge is -2.47. The Labute approximate surface area is 302 Å². The van der Waals surface area contributed by atoms with Crippen molar-refractivity contribution in [2.24, 2.45) is 23.7 Å². The number of carbonyl (C=O) groups is 4. The van der Waals surface area contributed by atoms with Crippen LogP contribution in [0.25, 0.3) is 0 Å². The Morgan fingerprint density at radius 2 is 1.71 bits per heavy atom. The number of hydrogen-bond donors (Lipinski definition) is 3. The lowest BCUT2D eigenvalue weighted by atomic mass is 9.73. The van der Waals surface area contributed by atoms with Gasteiger partial charge in [0.25, 0.3) is 0 Å². The van der Waals surface area contributed by atoms with Crippen molar-refractivity contribution in [2.75, 3.05) is 27.7 Å². The molecule has 0 aromatic heterocycles. The molecule has 0 saturated carbocycles. The molecule has 1 aromatic rings. The molecule has 13 atom stereocenters. The van der Waals surface area contributed by atoms with Gasteiger partial charge in [-0.05, 0) is 66.6 Å². The topological polar surface area (TPSA) is 162 Å². The van der Waals surface area contributed by atoms with Gasteiger partial charge in [-0.15, -0.1) is 0 Å². The number of amides is 1. The van der Waals surface area contributed by atoms with E-state index in [0.29, 0.717) is 13.0 Å². The molecule has 3 heterocycles. The second kappa shape index (κ2) is 16.8. The van der Waals surface area contributed by atoms with Crippen LogP contribution in [0.15, 0.2) is 30.3 Å². The number of ether oxygens (including phenoxy) is 5. The van der Waals surface area contributed by atoms with E-state index in [-0.39, 0.29) is 37.3 Å². The first kappa shape index (κ1) is 40.8. The number of esters is 1. The Morgan fingerprint density at radius 3 is 2.31 bits per heavy atom. The number of methoxy groups -OCH3 is 1. The van der Waals surface area contributed by atoms with E-state index in [2.05, 4.69) is 10.6 Å². The Kier molecular flexibility index (Phi) is 13.5. The predicted molar refractivity (Wildman–Crippen MR) is 188 cm³/mol. The van der Waals surface area contributed by atoms with Crippen molar-refractivity contribution >= 4 is 23.6 Å². The maximum Gasteiger partial charge on any atom is 0.408 e. The van der Waals surface area contributed by atoms with Crippen molar-refractivity contribution in [2.45, 2.75) is 128 Å². The highest BCUT2D eigenvalue weighted by Gasteiger charge is 2.58.